The lowest BCUT2D eigenvalue weighted by Crippen LogP contribution is -2.30. The maximum atomic E-state index is 12.3. The van der Waals surface area contributed by atoms with E-state index in [1.165, 1.54) is 18.2 Å². The summed E-state index contributed by atoms with van der Waals surface area (Å²) >= 11 is 0. The minimum atomic E-state index is -1.11. The molecule has 2 aromatic rings. The number of nitrogens with zero attached hydrogens (tertiary/aromatic N) is 1. The predicted molar refractivity (Wildman–Crippen MR) is 86.7 cm³/mol. The number of carbonyl (C=O) groups is 2. The smallest absolute Gasteiger partial charge is 0.305 e. The van der Waals surface area contributed by atoms with E-state index in [0.29, 0.717) is 11.1 Å². The number of carbonyl (C=O) groups excluding carboxylic acids is 1. The molecule has 1 amide bonds. The van der Waals surface area contributed by atoms with Gasteiger partial charge >= 0.3 is 5.97 Å². The van der Waals surface area contributed by atoms with Crippen LogP contribution >= 0.6 is 0 Å². The van der Waals surface area contributed by atoms with Crippen molar-refractivity contribution in [2.24, 2.45) is 0 Å². The van der Waals surface area contributed by atoms with Crippen LogP contribution in [0.2, 0.25) is 0 Å². The maximum absolute atomic E-state index is 12.3. The first-order valence-corrected chi connectivity index (χ1v) is 7.20. The summed E-state index contributed by atoms with van der Waals surface area (Å²) in [5.41, 5.74) is 1.50. The highest BCUT2D eigenvalue weighted by atomic mass is 16.6. The van der Waals surface area contributed by atoms with E-state index in [1.54, 1.807) is 24.3 Å². The normalized spacial score (nSPS) is 11.5. The summed E-state index contributed by atoms with van der Waals surface area (Å²) in [4.78, 5) is 33.7. The van der Waals surface area contributed by atoms with Gasteiger partial charge < -0.3 is 10.4 Å². The summed E-state index contributed by atoms with van der Waals surface area (Å²) in [5.74, 6) is -1.55. The van der Waals surface area contributed by atoms with Crippen molar-refractivity contribution in [2.75, 3.05) is 0 Å². The first-order chi connectivity index (χ1) is 11.4. The van der Waals surface area contributed by atoms with Crippen molar-refractivity contribution < 1.29 is 19.6 Å². The topological polar surface area (TPSA) is 110 Å². The van der Waals surface area contributed by atoms with E-state index in [9.17, 15) is 19.7 Å². The first-order valence-electron chi connectivity index (χ1n) is 7.20. The van der Waals surface area contributed by atoms with Crippen LogP contribution in [-0.4, -0.2) is 21.9 Å². The molecule has 7 heteroatoms. The minimum absolute atomic E-state index is 0.160. The molecule has 0 fully saturated rings. The molecule has 2 aromatic carbocycles. The summed E-state index contributed by atoms with van der Waals surface area (Å²) < 4.78 is 0. The number of carboxylic acid groups (broad SMARTS) is 1. The number of carboxylic acids is 1. The Bertz CT molecular complexity index is 788. The summed E-state index contributed by atoms with van der Waals surface area (Å²) in [6.45, 7) is 1.84. The Kier molecular flexibility index (Phi) is 5.26. The van der Waals surface area contributed by atoms with Gasteiger partial charge in [-0.15, -0.1) is 0 Å². The minimum Gasteiger partial charge on any atom is -0.481 e. The largest absolute Gasteiger partial charge is 0.481 e. The van der Waals surface area contributed by atoms with E-state index >= 15 is 0 Å². The Morgan fingerprint density at radius 1 is 1.21 bits per heavy atom. The molecule has 2 N–H and O–H groups in total. The van der Waals surface area contributed by atoms with Crippen LogP contribution < -0.4 is 5.32 Å². The number of aryl methyl sites for hydroxylation is 1. The van der Waals surface area contributed by atoms with Crippen molar-refractivity contribution in [3.8, 4) is 0 Å². The molecule has 0 heterocycles. The van der Waals surface area contributed by atoms with E-state index in [1.807, 2.05) is 13.0 Å². The molecule has 24 heavy (non-hydrogen) atoms. The van der Waals surface area contributed by atoms with Gasteiger partial charge in [0, 0.05) is 17.7 Å². The Labute approximate surface area is 138 Å². The van der Waals surface area contributed by atoms with Gasteiger partial charge in [0.05, 0.1) is 17.4 Å². The zero-order valence-electron chi connectivity index (χ0n) is 12.9. The summed E-state index contributed by atoms with van der Waals surface area (Å²) in [6.07, 6.45) is -0.376. The number of nitro groups is 1. The van der Waals surface area contributed by atoms with E-state index in [2.05, 4.69) is 5.32 Å². The third-order valence-corrected chi connectivity index (χ3v) is 3.45. The summed E-state index contributed by atoms with van der Waals surface area (Å²) in [7, 11) is 0. The van der Waals surface area contributed by atoms with Gasteiger partial charge in [0.1, 0.15) is 0 Å². The predicted octanol–water partition coefficient (Wildman–Crippen LogP) is 2.85. The van der Waals surface area contributed by atoms with E-state index < -0.39 is 22.8 Å². The number of aliphatic carboxylic acids is 1. The highest BCUT2D eigenvalue weighted by Crippen LogP contribution is 2.22. The van der Waals surface area contributed by atoms with Crippen LogP contribution in [0.1, 0.15) is 33.9 Å². The zero-order valence-corrected chi connectivity index (χ0v) is 12.9. The molecule has 0 spiro atoms. The fraction of sp³-hybridized carbons (Fsp3) is 0.176. The molecule has 0 aliphatic heterocycles. The SMILES string of the molecule is Cc1cccc(C(=O)N[C@H](CC(=O)O)c2cccc([N+](=O)[O-])c2)c1. The van der Waals surface area contributed by atoms with Gasteiger partial charge in [0.2, 0.25) is 0 Å². The number of benzene rings is 2. The number of amides is 1. The quantitative estimate of drug-likeness (QED) is 0.626. The number of nitrogens with one attached hydrogen (secondary N) is 1. The Hall–Kier alpha value is -3.22. The van der Waals surface area contributed by atoms with Gasteiger partial charge in [-0.1, -0.05) is 29.8 Å². The fourth-order valence-corrected chi connectivity index (χ4v) is 2.31. The lowest BCUT2D eigenvalue weighted by atomic mass is 10.0. The second-order valence-corrected chi connectivity index (χ2v) is 5.35. The number of hydrogen-bond acceptors (Lipinski definition) is 4. The van der Waals surface area contributed by atoms with Crippen LogP contribution in [0, 0.1) is 17.0 Å². The number of nitro benzene ring substituents is 1. The van der Waals surface area contributed by atoms with Crippen LogP contribution in [0.25, 0.3) is 0 Å². The van der Waals surface area contributed by atoms with E-state index in [-0.39, 0.29) is 12.1 Å². The molecule has 0 saturated carbocycles. The van der Waals surface area contributed by atoms with Crippen LogP contribution in [-0.2, 0) is 4.79 Å². The molecule has 1 atom stereocenters. The van der Waals surface area contributed by atoms with Crippen molar-refractivity contribution in [3.63, 3.8) is 0 Å². The molecule has 2 rings (SSSR count). The van der Waals surface area contributed by atoms with Gasteiger partial charge in [0.25, 0.3) is 11.6 Å². The van der Waals surface area contributed by atoms with E-state index in [4.69, 9.17) is 5.11 Å². The fourth-order valence-electron chi connectivity index (χ4n) is 2.31. The second kappa shape index (κ2) is 7.36. The first kappa shape index (κ1) is 17.1. The molecule has 0 bridgehead atoms. The van der Waals surface area contributed by atoms with Crippen molar-refractivity contribution in [2.45, 2.75) is 19.4 Å². The average molecular weight is 328 g/mol. The number of hydrogen-bond donors (Lipinski definition) is 2. The van der Waals surface area contributed by atoms with Gasteiger partial charge in [-0.05, 0) is 24.6 Å². The third kappa shape index (κ3) is 4.39. The third-order valence-electron chi connectivity index (χ3n) is 3.45. The summed E-state index contributed by atoms with van der Waals surface area (Å²) in [6, 6.07) is 11.6. The van der Waals surface area contributed by atoms with Crippen LogP contribution in [0.15, 0.2) is 48.5 Å². The second-order valence-electron chi connectivity index (χ2n) is 5.35. The van der Waals surface area contributed by atoms with Gasteiger partial charge in [-0.25, -0.2) is 0 Å². The molecular weight excluding hydrogens is 312 g/mol. The van der Waals surface area contributed by atoms with Crippen LogP contribution in [0.5, 0.6) is 0 Å². The molecular formula is C17H16N2O5. The molecule has 0 saturated heterocycles. The standard InChI is InChI=1S/C17H16N2O5/c1-11-4-2-6-13(8-11)17(22)18-15(10-16(20)21)12-5-3-7-14(9-12)19(23)24/h2-9,15H,10H2,1H3,(H,18,22)(H,20,21)/t15-/m1/s1. The average Bonchev–Trinajstić information content (AvgIpc) is 2.54. The molecule has 0 aliphatic rings. The monoisotopic (exact) mass is 328 g/mol. The van der Waals surface area contributed by atoms with Crippen LogP contribution in [0.3, 0.4) is 0 Å². The van der Waals surface area contributed by atoms with Crippen molar-refractivity contribution in [3.05, 3.63) is 75.3 Å². The molecule has 0 unspecified atom stereocenters. The van der Waals surface area contributed by atoms with Gasteiger partial charge in [-0.2, -0.15) is 0 Å². The molecule has 7 nitrogen and oxygen atoms in total. The Morgan fingerprint density at radius 3 is 2.54 bits per heavy atom. The molecule has 124 valence electrons. The van der Waals surface area contributed by atoms with E-state index in [0.717, 1.165) is 5.56 Å². The number of non-ortho nitro benzene ring substituents is 1. The zero-order chi connectivity index (χ0) is 17.7. The highest BCUT2D eigenvalue weighted by molar-refractivity contribution is 5.94. The molecule has 0 aromatic heterocycles. The lowest BCUT2D eigenvalue weighted by molar-refractivity contribution is -0.384. The van der Waals surface area contributed by atoms with Crippen molar-refractivity contribution in [1.29, 1.82) is 0 Å². The Balaban J connectivity index is 2.28. The molecule has 0 aliphatic carbocycles. The van der Waals surface area contributed by atoms with Gasteiger partial charge in [0.15, 0.2) is 0 Å². The summed E-state index contributed by atoms with van der Waals surface area (Å²) in [5, 5.41) is 22.6. The van der Waals surface area contributed by atoms with Crippen LogP contribution in [0.4, 0.5) is 5.69 Å². The van der Waals surface area contributed by atoms with Crippen molar-refractivity contribution >= 4 is 17.6 Å². The highest BCUT2D eigenvalue weighted by Gasteiger charge is 2.21. The maximum Gasteiger partial charge on any atom is 0.305 e. The Morgan fingerprint density at radius 2 is 1.92 bits per heavy atom. The van der Waals surface area contributed by atoms with Crippen molar-refractivity contribution in [1.82, 2.24) is 5.32 Å². The van der Waals surface area contributed by atoms with Gasteiger partial charge in [-0.3, -0.25) is 19.7 Å². The number of rotatable bonds is 6. The lowest BCUT2D eigenvalue weighted by Gasteiger charge is -2.17. The molecule has 0 radical (unpaired) electrons.